The quantitative estimate of drug-likeness (QED) is 0.493. The van der Waals surface area contributed by atoms with Crippen LogP contribution < -0.4 is 5.32 Å². The van der Waals surface area contributed by atoms with Crippen LogP contribution in [0.5, 0.6) is 0 Å². The number of hydrogen-bond donors (Lipinski definition) is 1. The predicted octanol–water partition coefficient (Wildman–Crippen LogP) is 5.69. The first kappa shape index (κ1) is 16.8. The standard InChI is InChI=1S/C20H15ClN2O2S/c1-12-2-4-13(5-3-12)8-16-11-22-20(26-16)23-19(24)18-10-14-9-15(21)6-7-17(14)25-18/h2-7,9-11H,8H2,1H3,(H,22,23,24). The van der Waals surface area contributed by atoms with E-state index >= 15 is 0 Å². The number of carbonyl (C=O) groups excluding carboxylic acids is 1. The second-order valence-corrected chi connectivity index (χ2v) is 7.59. The summed E-state index contributed by atoms with van der Waals surface area (Å²) in [5.41, 5.74) is 3.07. The van der Waals surface area contributed by atoms with Crippen LogP contribution in [0.1, 0.15) is 26.6 Å². The van der Waals surface area contributed by atoms with Gasteiger partial charge in [-0.15, -0.1) is 11.3 Å². The Kier molecular flexibility index (Phi) is 4.49. The molecule has 0 fully saturated rings. The maximum Gasteiger partial charge on any atom is 0.293 e. The summed E-state index contributed by atoms with van der Waals surface area (Å²) in [6.45, 7) is 2.07. The topological polar surface area (TPSA) is 55.1 Å². The average molecular weight is 383 g/mol. The van der Waals surface area contributed by atoms with Crippen LogP contribution >= 0.6 is 22.9 Å². The van der Waals surface area contributed by atoms with Crippen molar-refractivity contribution in [2.24, 2.45) is 0 Å². The van der Waals surface area contributed by atoms with Crippen molar-refractivity contribution in [1.29, 1.82) is 0 Å². The number of benzene rings is 2. The van der Waals surface area contributed by atoms with Gasteiger partial charge in [-0.05, 0) is 36.8 Å². The summed E-state index contributed by atoms with van der Waals surface area (Å²) in [7, 11) is 0. The zero-order valence-electron chi connectivity index (χ0n) is 14.0. The highest BCUT2D eigenvalue weighted by atomic mass is 35.5. The molecule has 130 valence electrons. The summed E-state index contributed by atoms with van der Waals surface area (Å²) in [5.74, 6) is -0.0916. The van der Waals surface area contributed by atoms with Gasteiger partial charge in [0.05, 0.1) is 0 Å². The first-order valence-corrected chi connectivity index (χ1v) is 9.27. The van der Waals surface area contributed by atoms with Gasteiger partial charge >= 0.3 is 0 Å². The van der Waals surface area contributed by atoms with Crippen molar-refractivity contribution >= 4 is 44.9 Å². The normalized spacial score (nSPS) is 11.0. The molecule has 2 aromatic heterocycles. The SMILES string of the molecule is Cc1ccc(Cc2cnc(NC(=O)c3cc4cc(Cl)ccc4o3)s2)cc1. The Morgan fingerprint density at radius 1 is 1.19 bits per heavy atom. The number of aryl methyl sites for hydroxylation is 1. The fourth-order valence-electron chi connectivity index (χ4n) is 2.64. The predicted molar refractivity (Wildman–Crippen MR) is 105 cm³/mol. The average Bonchev–Trinajstić information content (AvgIpc) is 3.23. The molecule has 2 heterocycles. The van der Waals surface area contributed by atoms with Gasteiger partial charge < -0.3 is 4.42 Å². The Balaban J connectivity index is 1.47. The molecule has 0 radical (unpaired) electrons. The molecule has 0 atom stereocenters. The lowest BCUT2D eigenvalue weighted by molar-refractivity contribution is 0.0998. The molecule has 1 N–H and O–H groups in total. The van der Waals surface area contributed by atoms with Crippen molar-refractivity contribution in [2.75, 3.05) is 5.32 Å². The van der Waals surface area contributed by atoms with E-state index in [1.807, 2.05) is 0 Å². The van der Waals surface area contributed by atoms with Gasteiger partial charge in [0.15, 0.2) is 10.9 Å². The van der Waals surface area contributed by atoms with E-state index in [1.54, 1.807) is 30.5 Å². The minimum atomic E-state index is -0.325. The molecule has 1 amide bonds. The number of rotatable bonds is 4. The molecule has 0 aliphatic carbocycles. The summed E-state index contributed by atoms with van der Waals surface area (Å²) in [6.07, 6.45) is 2.58. The minimum absolute atomic E-state index is 0.234. The summed E-state index contributed by atoms with van der Waals surface area (Å²) in [5, 5.41) is 4.74. The zero-order valence-corrected chi connectivity index (χ0v) is 15.5. The zero-order chi connectivity index (χ0) is 18.1. The number of nitrogens with one attached hydrogen (secondary N) is 1. The third-order valence-corrected chi connectivity index (χ3v) is 5.12. The van der Waals surface area contributed by atoms with E-state index in [9.17, 15) is 4.79 Å². The third kappa shape index (κ3) is 3.64. The maximum absolute atomic E-state index is 12.4. The number of furan rings is 1. The van der Waals surface area contributed by atoms with Crippen LogP contribution in [-0.2, 0) is 6.42 Å². The number of thiazole rings is 1. The van der Waals surface area contributed by atoms with Gasteiger partial charge in [-0.3, -0.25) is 10.1 Å². The smallest absolute Gasteiger partial charge is 0.293 e. The molecule has 0 saturated heterocycles. The molecule has 4 aromatic rings. The Morgan fingerprint density at radius 3 is 2.81 bits per heavy atom. The van der Waals surface area contributed by atoms with Crippen LogP contribution in [-0.4, -0.2) is 10.9 Å². The number of nitrogens with zero attached hydrogens (tertiary/aromatic N) is 1. The molecule has 0 aliphatic rings. The molecule has 0 spiro atoms. The summed E-state index contributed by atoms with van der Waals surface area (Å²) in [6, 6.07) is 15.3. The molecular weight excluding hydrogens is 368 g/mol. The van der Waals surface area contributed by atoms with Gasteiger partial charge in [-0.2, -0.15) is 0 Å². The van der Waals surface area contributed by atoms with Crippen LogP contribution in [0.2, 0.25) is 5.02 Å². The van der Waals surface area contributed by atoms with E-state index in [1.165, 1.54) is 22.5 Å². The van der Waals surface area contributed by atoms with Crippen LogP contribution in [0.3, 0.4) is 0 Å². The van der Waals surface area contributed by atoms with Crippen LogP contribution in [0.25, 0.3) is 11.0 Å². The minimum Gasteiger partial charge on any atom is -0.451 e. The van der Waals surface area contributed by atoms with Crippen molar-refractivity contribution in [3.05, 3.63) is 81.5 Å². The molecular formula is C20H15ClN2O2S. The third-order valence-electron chi connectivity index (χ3n) is 3.98. The van der Waals surface area contributed by atoms with Gasteiger partial charge in [-0.25, -0.2) is 4.98 Å². The summed E-state index contributed by atoms with van der Waals surface area (Å²) >= 11 is 7.42. The van der Waals surface area contributed by atoms with Gasteiger partial charge in [-0.1, -0.05) is 41.4 Å². The molecule has 0 saturated carbocycles. The fraction of sp³-hybridized carbons (Fsp3) is 0.100. The molecule has 6 heteroatoms. The highest BCUT2D eigenvalue weighted by Gasteiger charge is 2.14. The first-order chi connectivity index (χ1) is 12.6. The number of hydrogen-bond acceptors (Lipinski definition) is 4. The van der Waals surface area contributed by atoms with Crippen LogP contribution in [0.15, 0.2) is 59.1 Å². The maximum atomic E-state index is 12.4. The van der Waals surface area contributed by atoms with Crippen molar-refractivity contribution in [1.82, 2.24) is 4.98 Å². The Labute approximate surface area is 159 Å². The van der Waals surface area contributed by atoms with E-state index in [2.05, 4.69) is 41.5 Å². The molecule has 0 aliphatic heterocycles. The second-order valence-electron chi connectivity index (χ2n) is 6.04. The molecule has 0 bridgehead atoms. The number of fused-ring (bicyclic) bond motifs is 1. The lowest BCUT2D eigenvalue weighted by Crippen LogP contribution is -2.10. The number of carbonyl (C=O) groups is 1. The van der Waals surface area contributed by atoms with Crippen molar-refractivity contribution in [3.63, 3.8) is 0 Å². The first-order valence-electron chi connectivity index (χ1n) is 8.07. The Bertz CT molecular complexity index is 1080. The van der Waals surface area contributed by atoms with Crippen LogP contribution in [0, 0.1) is 6.92 Å². The monoisotopic (exact) mass is 382 g/mol. The highest BCUT2D eigenvalue weighted by Crippen LogP contribution is 2.25. The van der Waals surface area contributed by atoms with Gasteiger partial charge in [0.25, 0.3) is 5.91 Å². The highest BCUT2D eigenvalue weighted by molar-refractivity contribution is 7.15. The molecule has 26 heavy (non-hydrogen) atoms. The second kappa shape index (κ2) is 6.94. The summed E-state index contributed by atoms with van der Waals surface area (Å²) < 4.78 is 5.58. The fourth-order valence-corrected chi connectivity index (χ4v) is 3.66. The Morgan fingerprint density at radius 2 is 2.00 bits per heavy atom. The number of amides is 1. The van der Waals surface area contributed by atoms with Crippen LogP contribution in [0.4, 0.5) is 5.13 Å². The van der Waals surface area contributed by atoms with Crippen molar-refractivity contribution < 1.29 is 9.21 Å². The lowest BCUT2D eigenvalue weighted by atomic mass is 10.1. The molecule has 0 unspecified atom stereocenters. The van der Waals surface area contributed by atoms with E-state index < -0.39 is 0 Å². The van der Waals surface area contributed by atoms with E-state index in [4.69, 9.17) is 16.0 Å². The summed E-state index contributed by atoms with van der Waals surface area (Å²) in [4.78, 5) is 17.8. The number of halogens is 1. The van der Waals surface area contributed by atoms with Gasteiger partial charge in [0, 0.05) is 27.9 Å². The Hall–Kier alpha value is -2.63. The van der Waals surface area contributed by atoms with E-state index in [0.717, 1.165) is 16.7 Å². The largest absolute Gasteiger partial charge is 0.451 e. The van der Waals surface area contributed by atoms with Gasteiger partial charge in [0.2, 0.25) is 0 Å². The van der Waals surface area contributed by atoms with Crippen molar-refractivity contribution in [2.45, 2.75) is 13.3 Å². The van der Waals surface area contributed by atoms with Gasteiger partial charge in [0.1, 0.15) is 5.58 Å². The van der Waals surface area contributed by atoms with E-state index in [0.29, 0.717) is 15.7 Å². The lowest BCUT2D eigenvalue weighted by Gasteiger charge is -1.99. The molecule has 4 rings (SSSR count). The van der Waals surface area contributed by atoms with Crippen molar-refractivity contribution in [3.8, 4) is 0 Å². The number of aromatic nitrogens is 1. The molecule has 4 nitrogen and oxygen atoms in total. The number of anilines is 1. The van der Waals surface area contributed by atoms with E-state index in [-0.39, 0.29) is 11.7 Å². The molecule has 2 aromatic carbocycles.